The summed E-state index contributed by atoms with van der Waals surface area (Å²) in [6.07, 6.45) is 0. The van der Waals surface area contributed by atoms with Crippen molar-refractivity contribution in [3.8, 4) is 0 Å². The molecule has 20 heavy (non-hydrogen) atoms. The fourth-order valence-electron chi connectivity index (χ4n) is 2.23. The molecule has 3 aromatic rings. The minimum Gasteiger partial charge on any atom is -0.395 e. The lowest BCUT2D eigenvalue weighted by molar-refractivity contribution is 1.33. The van der Waals surface area contributed by atoms with Crippen molar-refractivity contribution < 1.29 is 0 Å². The van der Waals surface area contributed by atoms with Crippen molar-refractivity contribution in [3.63, 3.8) is 0 Å². The number of nitrogens with two attached hydrogens (primary N) is 1. The number of nitrogens with one attached hydrogen (secondary N) is 1. The van der Waals surface area contributed by atoms with E-state index in [1.807, 2.05) is 17.6 Å². The number of nitrogen functional groups attached to an aromatic ring is 1. The van der Waals surface area contributed by atoms with Gasteiger partial charge in [0.1, 0.15) is 5.52 Å². The molecule has 0 radical (unpaired) electrons. The monoisotopic (exact) mass is 347 g/mol. The molecule has 0 aliphatic heterocycles. The third-order valence-electron chi connectivity index (χ3n) is 3.26. The van der Waals surface area contributed by atoms with Crippen LogP contribution in [-0.4, -0.2) is 4.98 Å². The van der Waals surface area contributed by atoms with Gasteiger partial charge in [-0.3, -0.25) is 0 Å². The van der Waals surface area contributed by atoms with E-state index in [4.69, 9.17) is 5.73 Å². The van der Waals surface area contributed by atoms with E-state index >= 15 is 0 Å². The maximum absolute atomic E-state index is 6.19. The van der Waals surface area contributed by atoms with Gasteiger partial charge in [0.25, 0.3) is 0 Å². The van der Waals surface area contributed by atoms with E-state index in [2.05, 4.69) is 52.2 Å². The summed E-state index contributed by atoms with van der Waals surface area (Å²) in [6.45, 7) is 4.16. The lowest BCUT2D eigenvalue weighted by Gasteiger charge is -2.12. The van der Waals surface area contributed by atoms with Crippen molar-refractivity contribution in [2.45, 2.75) is 13.8 Å². The molecule has 3 nitrogen and oxygen atoms in total. The molecule has 0 fully saturated rings. The number of halogens is 1. The summed E-state index contributed by atoms with van der Waals surface area (Å²) in [7, 11) is 0. The summed E-state index contributed by atoms with van der Waals surface area (Å²) in [5.41, 5.74) is 13.9. The summed E-state index contributed by atoms with van der Waals surface area (Å²) < 4.78 is 2.25. The lowest BCUT2D eigenvalue weighted by Crippen LogP contribution is -1.98. The van der Waals surface area contributed by atoms with Crippen molar-refractivity contribution in [2.75, 3.05) is 11.1 Å². The van der Waals surface area contributed by atoms with E-state index in [0.29, 0.717) is 5.69 Å². The molecular weight excluding hydrogens is 334 g/mol. The van der Waals surface area contributed by atoms with Crippen molar-refractivity contribution in [2.24, 2.45) is 0 Å². The third kappa shape index (κ3) is 2.27. The Labute approximate surface area is 130 Å². The molecule has 3 N–H and O–H groups in total. The topological polar surface area (TPSA) is 50.9 Å². The zero-order chi connectivity index (χ0) is 14.3. The summed E-state index contributed by atoms with van der Waals surface area (Å²) in [4.78, 5) is 4.32. The standard InChI is InChI=1S/C15H14BrN3S/c1-8-5-10(6-9(2)13(8)16)19-11-3-4-12-15(14(11)17)18-7-20-12/h3-7,19H,17H2,1-2H3. The Kier molecular flexibility index (Phi) is 3.40. The van der Waals surface area contributed by atoms with Crippen LogP contribution in [0.2, 0.25) is 0 Å². The molecule has 0 amide bonds. The van der Waals surface area contributed by atoms with Crippen LogP contribution in [0.25, 0.3) is 10.2 Å². The Balaban J connectivity index is 2.03. The van der Waals surface area contributed by atoms with E-state index in [-0.39, 0.29) is 0 Å². The first-order valence-corrected chi connectivity index (χ1v) is 7.89. The highest BCUT2D eigenvalue weighted by molar-refractivity contribution is 9.10. The maximum Gasteiger partial charge on any atom is 0.106 e. The maximum atomic E-state index is 6.19. The number of benzene rings is 2. The fraction of sp³-hybridized carbons (Fsp3) is 0.133. The Hall–Kier alpha value is -1.59. The normalized spacial score (nSPS) is 10.9. The van der Waals surface area contributed by atoms with Crippen molar-refractivity contribution in [3.05, 3.63) is 45.4 Å². The number of nitrogens with zero attached hydrogens (tertiary/aromatic N) is 1. The van der Waals surface area contributed by atoms with Gasteiger partial charge in [0, 0.05) is 10.2 Å². The average molecular weight is 348 g/mol. The van der Waals surface area contributed by atoms with Gasteiger partial charge in [0.2, 0.25) is 0 Å². The second-order valence-corrected chi connectivity index (χ2v) is 6.45. The van der Waals surface area contributed by atoms with Gasteiger partial charge >= 0.3 is 0 Å². The number of thiazole rings is 1. The summed E-state index contributed by atoms with van der Waals surface area (Å²) in [5, 5.41) is 3.38. The Morgan fingerprint density at radius 3 is 2.60 bits per heavy atom. The van der Waals surface area contributed by atoms with Crippen LogP contribution in [0, 0.1) is 13.8 Å². The highest BCUT2D eigenvalue weighted by Gasteiger charge is 2.08. The number of hydrogen-bond donors (Lipinski definition) is 2. The van der Waals surface area contributed by atoms with Gasteiger partial charge in [-0.1, -0.05) is 15.9 Å². The molecule has 3 rings (SSSR count). The number of rotatable bonds is 2. The smallest absolute Gasteiger partial charge is 0.106 e. The van der Waals surface area contributed by atoms with E-state index in [1.54, 1.807) is 11.3 Å². The van der Waals surface area contributed by atoms with E-state index < -0.39 is 0 Å². The first-order valence-electron chi connectivity index (χ1n) is 6.21. The molecule has 0 spiro atoms. The molecule has 102 valence electrons. The molecule has 0 saturated heterocycles. The summed E-state index contributed by atoms with van der Waals surface area (Å²) in [6, 6.07) is 8.25. The molecule has 0 bridgehead atoms. The van der Waals surface area contributed by atoms with E-state index in [0.717, 1.165) is 26.1 Å². The van der Waals surface area contributed by atoms with Crippen molar-refractivity contribution in [1.29, 1.82) is 0 Å². The molecular formula is C15H14BrN3S. The molecule has 0 aliphatic rings. The molecule has 5 heteroatoms. The van der Waals surface area contributed by atoms with Gasteiger partial charge < -0.3 is 11.1 Å². The zero-order valence-corrected chi connectivity index (χ0v) is 13.6. The van der Waals surface area contributed by atoms with Gasteiger partial charge in [-0.05, 0) is 49.2 Å². The predicted octanol–water partition coefficient (Wildman–Crippen LogP) is 5.00. The highest BCUT2D eigenvalue weighted by atomic mass is 79.9. The van der Waals surface area contributed by atoms with Crippen LogP contribution >= 0.6 is 27.3 Å². The van der Waals surface area contributed by atoms with Crippen molar-refractivity contribution >= 4 is 54.5 Å². The zero-order valence-electron chi connectivity index (χ0n) is 11.2. The molecule has 0 unspecified atom stereocenters. The second kappa shape index (κ2) is 5.07. The van der Waals surface area contributed by atoms with Crippen LogP contribution in [0.1, 0.15) is 11.1 Å². The molecule has 2 aromatic carbocycles. The third-order valence-corrected chi connectivity index (χ3v) is 5.30. The van der Waals surface area contributed by atoms with E-state index in [9.17, 15) is 0 Å². The minimum absolute atomic E-state index is 0.696. The van der Waals surface area contributed by atoms with Gasteiger partial charge in [-0.25, -0.2) is 4.98 Å². The largest absolute Gasteiger partial charge is 0.395 e. The number of fused-ring (bicyclic) bond motifs is 1. The van der Waals surface area contributed by atoms with Crippen molar-refractivity contribution in [1.82, 2.24) is 4.98 Å². The Bertz CT molecular complexity index is 772. The van der Waals surface area contributed by atoms with Crippen LogP contribution in [0.5, 0.6) is 0 Å². The number of hydrogen-bond acceptors (Lipinski definition) is 4. The molecule has 0 atom stereocenters. The van der Waals surface area contributed by atoms with Crippen LogP contribution < -0.4 is 11.1 Å². The van der Waals surface area contributed by atoms with E-state index in [1.165, 1.54) is 11.1 Å². The first-order chi connectivity index (χ1) is 9.56. The Morgan fingerprint density at radius 2 is 1.90 bits per heavy atom. The van der Waals surface area contributed by atoms with Crippen LogP contribution in [0.15, 0.2) is 34.2 Å². The van der Waals surface area contributed by atoms with Gasteiger partial charge in [-0.2, -0.15) is 0 Å². The summed E-state index contributed by atoms with van der Waals surface area (Å²) >= 11 is 5.18. The molecule has 0 aliphatic carbocycles. The van der Waals surface area contributed by atoms with Crippen LogP contribution in [-0.2, 0) is 0 Å². The van der Waals surface area contributed by atoms with Crippen LogP contribution in [0.3, 0.4) is 0 Å². The predicted molar refractivity (Wildman–Crippen MR) is 90.9 cm³/mol. The fourth-order valence-corrected chi connectivity index (χ4v) is 3.16. The Morgan fingerprint density at radius 1 is 1.20 bits per heavy atom. The first kappa shape index (κ1) is 13.4. The minimum atomic E-state index is 0.696. The quantitative estimate of drug-likeness (QED) is 0.641. The number of anilines is 3. The van der Waals surface area contributed by atoms with Gasteiger partial charge in [0.05, 0.1) is 21.6 Å². The summed E-state index contributed by atoms with van der Waals surface area (Å²) in [5.74, 6) is 0. The number of aromatic nitrogens is 1. The molecule has 1 heterocycles. The SMILES string of the molecule is Cc1cc(Nc2ccc3scnc3c2N)cc(C)c1Br. The van der Waals surface area contributed by atoms with Gasteiger partial charge in [0.15, 0.2) is 0 Å². The average Bonchev–Trinajstić information content (AvgIpc) is 2.88. The second-order valence-electron chi connectivity index (χ2n) is 4.77. The highest BCUT2D eigenvalue weighted by Crippen LogP contribution is 2.33. The number of aryl methyl sites for hydroxylation is 2. The lowest BCUT2D eigenvalue weighted by atomic mass is 10.1. The van der Waals surface area contributed by atoms with Crippen LogP contribution in [0.4, 0.5) is 17.1 Å². The molecule has 1 aromatic heterocycles. The molecule has 0 saturated carbocycles. The van der Waals surface area contributed by atoms with Gasteiger partial charge in [-0.15, -0.1) is 11.3 Å².